The Morgan fingerprint density at radius 2 is 2.50 bits per heavy atom. The second kappa shape index (κ2) is 3.88. The van der Waals surface area contributed by atoms with Gasteiger partial charge in [-0.1, -0.05) is 0 Å². The van der Waals surface area contributed by atoms with Crippen LogP contribution in [0.5, 0.6) is 0 Å². The zero-order valence-electron chi connectivity index (χ0n) is 5.56. The maximum Gasteiger partial charge on any atom is 0.115 e. The monoisotopic (exact) mass is 147 g/mol. The van der Waals surface area contributed by atoms with Crippen molar-refractivity contribution in [1.82, 2.24) is 0 Å². The van der Waals surface area contributed by atoms with Crippen LogP contribution in [0.1, 0.15) is 0 Å². The van der Waals surface area contributed by atoms with Crippen LogP contribution in [0.3, 0.4) is 0 Å². The molecule has 0 aliphatic carbocycles. The van der Waals surface area contributed by atoms with Gasteiger partial charge in [0.15, 0.2) is 0 Å². The van der Waals surface area contributed by atoms with Gasteiger partial charge in [-0.3, -0.25) is 0 Å². The Balaban J connectivity index is 2.14. The zero-order chi connectivity index (χ0) is 7.40. The Bertz CT molecular complexity index is 95.7. The molecule has 2 N–H and O–H groups in total. The highest BCUT2D eigenvalue weighted by Gasteiger charge is 2.26. The summed E-state index contributed by atoms with van der Waals surface area (Å²) in [7, 11) is 0. The molecule has 1 aliphatic rings. The second-order valence-corrected chi connectivity index (χ2v) is 2.10. The van der Waals surface area contributed by atoms with E-state index in [9.17, 15) is 0 Å². The Labute approximate surface area is 59.4 Å². The van der Waals surface area contributed by atoms with Crippen molar-refractivity contribution in [1.29, 1.82) is 0 Å². The van der Waals surface area contributed by atoms with E-state index in [4.69, 9.17) is 19.7 Å². The molecule has 1 aliphatic heterocycles. The van der Waals surface area contributed by atoms with Gasteiger partial charge in [-0.15, -0.1) is 0 Å². The van der Waals surface area contributed by atoms with Crippen LogP contribution < -0.4 is 0 Å². The maximum atomic E-state index is 9.05. The Morgan fingerprint density at radius 1 is 1.70 bits per heavy atom. The van der Waals surface area contributed by atoms with Crippen LogP contribution in [0, 0.1) is 6.61 Å². The van der Waals surface area contributed by atoms with Crippen LogP contribution in [0.15, 0.2) is 0 Å². The van der Waals surface area contributed by atoms with E-state index in [1.807, 2.05) is 0 Å². The lowest BCUT2D eigenvalue weighted by molar-refractivity contribution is -0.0117. The van der Waals surface area contributed by atoms with E-state index in [0.29, 0.717) is 0 Å². The summed E-state index contributed by atoms with van der Waals surface area (Å²) in [5.74, 6) is 0. The number of aliphatic hydroxyl groups is 2. The number of aliphatic hydroxyl groups excluding tert-OH is 2. The fourth-order valence-corrected chi connectivity index (χ4v) is 0.774. The number of hydrogen-bond donors (Lipinski definition) is 2. The SMILES string of the molecule is OCCO[C@H]1[CH]OCC1O. The summed E-state index contributed by atoms with van der Waals surface area (Å²) in [4.78, 5) is 0. The van der Waals surface area contributed by atoms with Gasteiger partial charge in [-0.25, -0.2) is 0 Å². The molecule has 1 heterocycles. The van der Waals surface area contributed by atoms with Crippen molar-refractivity contribution in [3.63, 3.8) is 0 Å². The maximum absolute atomic E-state index is 9.05. The first kappa shape index (κ1) is 7.94. The Hall–Kier alpha value is -0.160. The molecule has 4 heteroatoms. The van der Waals surface area contributed by atoms with Gasteiger partial charge in [0.1, 0.15) is 18.8 Å². The molecule has 1 unspecified atom stereocenters. The summed E-state index contributed by atoms with van der Waals surface area (Å²) in [6, 6.07) is 0. The van der Waals surface area contributed by atoms with E-state index in [0.717, 1.165) is 0 Å². The molecule has 10 heavy (non-hydrogen) atoms. The van der Waals surface area contributed by atoms with Crippen LogP contribution in [-0.4, -0.2) is 42.2 Å². The molecule has 0 bridgehead atoms. The summed E-state index contributed by atoms with van der Waals surface area (Å²) in [6.45, 7) is 1.94. The molecule has 59 valence electrons. The third-order valence-electron chi connectivity index (χ3n) is 1.28. The summed E-state index contributed by atoms with van der Waals surface area (Å²) >= 11 is 0. The number of ether oxygens (including phenoxy) is 2. The summed E-state index contributed by atoms with van der Waals surface area (Å²) in [5, 5.41) is 17.4. The van der Waals surface area contributed by atoms with Crippen molar-refractivity contribution in [3.8, 4) is 0 Å². The minimum atomic E-state index is -0.577. The molecular weight excluding hydrogens is 136 g/mol. The van der Waals surface area contributed by atoms with Gasteiger partial charge in [-0.2, -0.15) is 0 Å². The normalized spacial score (nSPS) is 33.0. The fraction of sp³-hybridized carbons (Fsp3) is 0.833. The first-order valence-corrected chi connectivity index (χ1v) is 3.20. The van der Waals surface area contributed by atoms with Crippen molar-refractivity contribution < 1.29 is 19.7 Å². The highest BCUT2D eigenvalue weighted by Crippen LogP contribution is 2.12. The fourth-order valence-electron chi connectivity index (χ4n) is 0.774. The molecule has 0 spiro atoms. The van der Waals surface area contributed by atoms with Gasteiger partial charge in [-0.05, 0) is 0 Å². The average molecular weight is 147 g/mol. The van der Waals surface area contributed by atoms with Gasteiger partial charge in [0, 0.05) is 0 Å². The molecule has 1 radical (unpaired) electrons. The van der Waals surface area contributed by atoms with Crippen LogP contribution in [-0.2, 0) is 9.47 Å². The van der Waals surface area contributed by atoms with Crippen molar-refractivity contribution in [2.24, 2.45) is 0 Å². The van der Waals surface area contributed by atoms with Gasteiger partial charge in [0.25, 0.3) is 0 Å². The van der Waals surface area contributed by atoms with Crippen LogP contribution >= 0.6 is 0 Å². The van der Waals surface area contributed by atoms with Gasteiger partial charge < -0.3 is 19.7 Å². The van der Waals surface area contributed by atoms with E-state index in [2.05, 4.69) is 0 Å². The number of rotatable bonds is 3. The molecule has 0 aromatic heterocycles. The first-order valence-electron chi connectivity index (χ1n) is 3.20. The minimum Gasteiger partial charge on any atom is -0.394 e. The highest BCUT2D eigenvalue weighted by atomic mass is 16.6. The molecule has 2 atom stereocenters. The van der Waals surface area contributed by atoms with E-state index in [-0.39, 0.29) is 25.9 Å². The molecule has 4 nitrogen and oxygen atoms in total. The standard InChI is InChI=1S/C6H11O4/c7-1-2-10-6-4-9-3-5(6)8/h4-8H,1-3H2/t5?,6-/m0/s1. The molecule has 1 saturated heterocycles. The summed E-state index contributed by atoms with van der Waals surface area (Å²) in [6.07, 6.45) is -0.946. The smallest absolute Gasteiger partial charge is 0.115 e. The molecule has 1 rings (SSSR count). The van der Waals surface area contributed by atoms with Crippen molar-refractivity contribution in [2.45, 2.75) is 12.2 Å². The van der Waals surface area contributed by atoms with E-state index in [1.54, 1.807) is 0 Å². The molecule has 1 fully saturated rings. The molecule has 0 aromatic rings. The molecule has 0 amide bonds. The zero-order valence-corrected chi connectivity index (χ0v) is 5.56. The largest absolute Gasteiger partial charge is 0.394 e. The second-order valence-electron chi connectivity index (χ2n) is 2.10. The summed E-state index contributed by atoms with van der Waals surface area (Å²) in [5.41, 5.74) is 0. The highest BCUT2D eigenvalue weighted by molar-refractivity contribution is 4.83. The quantitative estimate of drug-likeness (QED) is 0.533. The van der Waals surface area contributed by atoms with Crippen molar-refractivity contribution >= 4 is 0 Å². The summed E-state index contributed by atoms with van der Waals surface area (Å²) < 4.78 is 9.77. The van der Waals surface area contributed by atoms with Crippen LogP contribution in [0.2, 0.25) is 0 Å². The van der Waals surface area contributed by atoms with Crippen LogP contribution in [0.25, 0.3) is 0 Å². The Kier molecular flexibility index (Phi) is 3.08. The van der Waals surface area contributed by atoms with Gasteiger partial charge in [0.2, 0.25) is 0 Å². The third-order valence-corrected chi connectivity index (χ3v) is 1.28. The lowest BCUT2D eigenvalue weighted by Crippen LogP contribution is -2.26. The first-order chi connectivity index (χ1) is 4.84. The molecule has 0 saturated carbocycles. The molecular formula is C6H11O4. The lowest BCUT2D eigenvalue weighted by atomic mass is 10.3. The van der Waals surface area contributed by atoms with Crippen molar-refractivity contribution in [3.05, 3.63) is 6.61 Å². The third kappa shape index (κ3) is 1.91. The lowest BCUT2D eigenvalue weighted by Gasteiger charge is -2.11. The van der Waals surface area contributed by atoms with E-state index < -0.39 is 6.10 Å². The van der Waals surface area contributed by atoms with E-state index >= 15 is 0 Å². The average Bonchev–Trinajstić information content (AvgIpc) is 2.31. The van der Waals surface area contributed by atoms with E-state index in [1.165, 1.54) is 6.61 Å². The number of hydrogen-bond acceptors (Lipinski definition) is 4. The molecule has 0 aromatic carbocycles. The topological polar surface area (TPSA) is 58.9 Å². The van der Waals surface area contributed by atoms with Crippen molar-refractivity contribution in [2.75, 3.05) is 19.8 Å². The minimum absolute atomic E-state index is 0.0307. The predicted octanol–water partition coefficient (Wildman–Crippen LogP) is -1.08. The van der Waals surface area contributed by atoms with Gasteiger partial charge in [0.05, 0.1) is 19.8 Å². The Morgan fingerprint density at radius 3 is 3.00 bits per heavy atom. The van der Waals surface area contributed by atoms with Gasteiger partial charge >= 0.3 is 0 Å². The van der Waals surface area contributed by atoms with Crippen LogP contribution in [0.4, 0.5) is 0 Å². The predicted molar refractivity (Wildman–Crippen MR) is 33.1 cm³/mol.